The number of rotatable bonds is 7. The monoisotopic (exact) mass is 409 g/mol. The molecule has 2 aromatic heterocycles. The lowest BCUT2D eigenvalue weighted by Gasteiger charge is -2.35. The van der Waals surface area contributed by atoms with Crippen LogP contribution in [0.4, 0.5) is 0 Å². The van der Waals surface area contributed by atoms with Crippen molar-refractivity contribution in [3.63, 3.8) is 0 Å². The predicted octanol–water partition coefficient (Wildman–Crippen LogP) is 4.92. The van der Waals surface area contributed by atoms with Crippen LogP contribution in [0.5, 0.6) is 0 Å². The zero-order valence-electron chi connectivity index (χ0n) is 16.8. The van der Waals surface area contributed by atoms with Gasteiger partial charge in [-0.15, -0.1) is 11.3 Å². The van der Waals surface area contributed by atoms with Gasteiger partial charge in [-0.3, -0.25) is 9.69 Å². The minimum absolute atomic E-state index is 0.175. The normalized spacial score (nSPS) is 15.9. The van der Waals surface area contributed by atoms with E-state index in [-0.39, 0.29) is 11.9 Å². The van der Waals surface area contributed by atoms with Crippen LogP contribution in [-0.4, -0.2) is 35.6 Å². The van der Waals surface area contributed by atoms with E-state index in [1.165, 1.54) is 30.4 Å². The lowest BCUT2D eigenvalue weighted by molar-refractivity contribution is 0.0915. The molecule has 1 atom stereocenters. The van der Waals surface area contributed by atoms with Crippen LogP contribution in [0, 0.1) is 0 Å². The molecular formula is C23H27N3O2S. The highest BCUT2D eigenvalue weighted by Gasteiger charge is 2.24. The molecule has 1 aliphatic heterocycles. The lowest BCUT2D eigenvalue weighted by Crippen LogP contribution is -2.40. The van der Waals surface area contributed by atoms with Crippen LogP contribution >= 0.6 is 11.3 Å². The van der Waals surface area contributed by atoms with E-state index in [1.54, 1.807) is 17.4 Å². The van der Waals surface area contributed by atoms with Crippen molar-refractivity contribution in [2.75, 3.05) is 19.6 Å². The molecule has 1 aromatic carbocycles. The van der Waals surface area contributed by atoms with Crippen molar-refractivity contribution in [1.82, 2.24) is 15.4 Å². The van der Waals surface area contributed by atoms with Crippen molar-refractivity contribution < 1.29 is 9.32 Å². The first-order chi connectivity index (χ1) is 14.2. The maximum atomic E-state index is 12.7. The number of carbonyl (C=O) groups is 1. The average molecular weight is 410 g/mol. The molecule has 1 N–H and O–H groups in total. The van der Waals surface area contributed by atoms with Crippen LogP contribution < -0.4 is 5.32 Å². The Morgan fingerprint density at radius 1 is 1.21 bits per heavy atom. The Labute approximate surface area is 175 Å². The van der Waals surface area contributed by atoms with Crippen molar-refractivity contribution in [3.8, 4) is 10.6 Å². The summed E-state index contributed by atoms with van der Waals surface area (Å²) in [5.41, 5.74) is 2.91. The summed E-state index contributed by atoms with van der Waals surface area (Å²) < 4.78 is 5.35. The number of piperidine rings is 1. The Kier molecular flexibility index (Phi) is 6.42. The summed E-state index contributed by atoms with van der Waals surface area (Å²) in [5.74, 6) is 0.441. The molecule has 1 fully saturated rings. The van der Waals surface area contributed by atoms with Gasteiger partial charge in [0.25, 0.3) is 5.91 Å². The van der Waals surface area contributed by atoms with E-state index in [0.717, 1.165) is 24.4 Å². The Balaban J connectivity index is 1.46. The molecule has 0 bridgehead atoms. The fraction of sp³-hybridized carbons (Fsp3) is 0.391. The van der Waals surface area contributed by atoms with Crippen LogP contribution in [0.1, 0.15) is 53.8 Å². The highest BCUT2D eigenvalue weighted by atomic mass is 32.1. The quantitative estimate of drug-likeness (QED) is 0.602. The first kappa shape index (κ1) is 19.9. The largest absolute Gasteiger partial charge is 0.355 e. The molecule has 0 unspecified atom stereocenters. The molecule has 4 rings (SSSR count). The number of likely N-dealkylation sites (tertiary alicyclic amines) is 1. The second-order valence-electron chi connectivity index (χ2n) is 7.47. The number of thiophene rings is 1. The van der Waals surface area contributed by atoms with E-state index in [1.807, 2.05) is 17.5 Å². The maximum Gasteiger partial charge on any atom is 0.273 e. The molecule has 0 spiro atoms. The molecule has 1 aliphatic rings. The SMILES string of the molecule is CCc1ccc([C@H](CNC(=O)c2cc(-c3cccs3)on2)N2CCCCC2)cc1. The number of nitrogens with one attached hydrogen (secondary N) is 1. The average Bonchev–Trinajstić information content (AvgIpc) is 3.47. The number of aromatic nitrogens is 1. The first-order valence-electron chi connectivity index (χ1n) is 10.4. The van der Waals surface area contributed by atoms with Crippen molar-refractivity contribution in [1.29, 1.82) is 0 Å². The van der Waals surface area contributed by atoms with E-state index in [4.69, 9.17) is 4.52 Å². The molecule has 3 aromatic rings. The second-order valence-corrected chi connectivity index (χ2v) is 8.42. The minimum atomic E-state index is -0.191. The summed E-state index contributed by atoms with van der Waals surface area (Å²) in [7, 11) is 0. The standard InChI is InChI=1S/C23H27N3O2S/c1-2-17-8-10-18(11-9-17)20(26-12-4-3-5-13-26)16-24-23(27)19-15-21(28-25-19)22-7-6-14-29-22/h6-11,14-15,20H,2-5,12-13,16H2,1H3,(H,24,27)/t20-/m0/s1. The molecule has 1 amide bonds. The van der Waals surface area contributed by atoms with Crippen molar-refractivity contribution in [2.45, 2.75) is 38.6 Å². The predicted molar refractivity (Wildman–Crippen MR) is 116 cm³/mol. The number of hydrogen-bond acceptors (Lipinski definition) is 5. The Bertz CT molecular complexity index is 912. The van der Waals surface area contributed by atoms with Gasteiger partial charge in [-0.05, 0) is 54.9 Å². The molecule has 0 saturated carbocycles. The number of aryl methyl sites for hydroxylation is 1. The second kappa shape index (κ2) is 9.37. The topological polar surface area (TPSA) is 58.4 Å². The van der Waals surface area contributed by atoms with Crippen LogP contribution in [0.15, 0.2) is 52.4 Å². The van der Waals surface area contributed by atoms with Gasteiger partial charge in [-0.2, -0.15) is 0 Å². The molecule has 152 valence electrons. The highest BCUT2D eigenvalue weighted by molar-refractivity contribution is 7.13. The van der Waals surface area contributed by atoms with Gasteiger partial charge < -0.3 is 9.84 Å². The van der Waals surface area contributed by atoms with E-state index in [9.17, 15) is 4.79 Å². The molecule has 5 nitrogen and oxygen atoms in total. The van der Waals surface area contributed by atoms with Gasteiger partial charge in [0.05, 0.1) is 10.9 Å². The maximum absolute atomic E-state index is 12.7. The highest BCUT2D eigenvalue weighted by Crippen LogP contribution is 2.26. The van der Waals surface area contributed by atoms with Crippen LogP contribution in [-0.2, 0) is 6.42 Å². The van der Waals surface area contributed by atoms with Crippen molar-refractivity contribution in [3.05, 3.63) is 64.7 Å². The van der Waals surface area contributed by atoms with Crippen LogP contribution in [0.3, 0.4) is 0 Å². The molecule has 29 heavy (non-hydrogen) atoms. The van der Waals surface area contributed by atoms with E-state index in [0.29, 0.717) is 18.0 Å². The van der Waals surface area contributed by atoms with Gasteiger partial charge in [0.1, 0.15) is 0 Å². The number of amides is 1. The zero-order valence-corrected chi connectivity index (χ0v) is 17.6. The van der Waals surface area contributed by atoms with Gasteiger partial charge in [0, 0.05) is 12.6 Å². The van der Waals surface area contributed by atoms with Gasteiger partial charge >= 0.3 is 0 Å². The van der Waals surface area contributed by atoms with Gasteiger partial charge in [0.15, 0.2) is 11.5 Å². The van der Waals surface area contributed by atoms with Crippen molar-refractivity contribution >= 4 is 17.2 Å². The molecule has 0 radical (unpaired) electrons. The summed E-state index contributed by atoms with van der Waals surface area (Å²) in [5, 5.41) is 9.02. The lowest BCUT2D eigenvalue weighted by atomic mass is 9.99. The summed E-state index contributed by atoms with van der Waals surface area (Å²) in [6, 6.07) is 14.6. The fourth-order valence-electron chi connectivity index (χ4n) is 3.86. The number of benzene rings is 1. The summed E-state index contributed by atoms with van der Waals surface area (Å²) in [4.78, 5) is 16.2. The third-order valence-corrected chi connectivity index (χ3v) is 6.45. The molecule has 3 heterocycles. The molecule has 0 aliphatic carbocycles. The third kappa shape index (κ3) is 4.77. The third-order valence-electron chi connectivity index (χ3n) is 5.57. The summed E-state index contributed by atoms with van der Waals surface area (Å²) in [6.07, 6.45) is 4.74. The Hall–Kier alpha value is -2.44. The van der Waals surface area contributed by atoms with Crippen LogP contribution in [0.2, 0.25) is 0 Å². The van der Waals surface area contributed by atoms with Gasteiger partial charge in [0.2, 0.25) is 0 Å². The smallest absolute Gasteiger partial charge is 0.273 e. The Morgan fingerprint density at radius 2 is 2.00 bits per heavy atom. The summed E-state index contributed by atoms with van der Waals surface area (Å²) in [6.45, 7) is 4.87. The van der Waals surface area contributed by atoms with Gasteiger partial charge in [-0.25, -0.2) is 0 Å². The number of hydrogen-bond donors (Lipinski definition) is 1. The molecule has 1 saturated heterocycles. The van der Waals surface area contributed by atoms with E-state index in [2.05, 4.69) is 46.6 Å². The van der Waals surface area contributed by atoms with Gasteiger partial charge in [-0.1, -0.05) is 48.8 Å². The zero-order chi connectivity index (χ0) is 20.1. The van der Waals surface area contributed by atoms with E-state index >= 15 is 0 Å². The van der Waals surface area contributed by atoms with Crippen molar-refractivity contribution in [2.24, 2.45) is 0 Å². The number of nitrogens with zero attached hydrogens (tertiary/aromatic N) is 2. The van der Waals surface area contributed by atoms with Crippen LogP contribution in [0.25, 0.3) is 10.6 Å². The molecular weight excluding hydrogens is 382 g/mol. The Morgan fingerprint density at radius 3 is 2.69 bits per heavy atom. The summed E-state index contributed by atoms with van der Waals surface area (Å²) >= 11 is 1.57. The fourth-order valence-corrected chi connectivity index (χ4v) is 4.53. The van der Waals surface area contributed by atoms with E-state index < -0.39 is 0 Å². The minimum Gasteiger partial charge on any atom is -0.355 e. The number of carbonyl (C=O) groups excluding carboxylic acids is 1. The molecule has 6 heteroatoms. The first-order valence-corrected chi connectivity index (χ1v) is 11.2.